The van der Waals surface area contributed by atoms with E-state index in [4.69, 9.17) is 16.3 Å². The van der Waals surface area contributed by atoms with Gasteiger partial charge in [0.05, 0.1) is 24.0 Å². The molecule has 0 aliphatic rings. The van der Waals surface area contributed by atoms with Gasteiger partial charge in [0.2, 0.25) is 5.91 Å². The van der Waals surface area contributed by atoms with Crippen LogP contribution in [0, 0.1) is 0 Å². The van der Waals surface area contributed by atoms with Crippen LogP contribution >= 0.6 is 22.9 Å². The minimum Gasteiger partial charge on any atom is -0.383 e. The molecule has 0 radical (unpaired) electrons. The molecule has 1 aromatic rings. The van der Waals surface area contributed by atoms with Crippen molar-refractivity contribution in [2.75, 3.05) is 40.9 Å². The van der Waals surface area contributed by atoms with Crippen LogP contribution in [0.25, 0.3) is 0 Å². The maximum absolute atomic E-state index is 11.6. The van der Waals surface area contributed by atoms with E-state index in [0.29, 0.717) is 25.7 Å². The van der Waals surface area contributed by atoms with Gasteiger partial charge in [-0.2, -0.15) is 0 Å². The molecule has 1 amide bonds. The van der Waals surface area contributed by atoms with Crippen LogP contribution in [0.1, 0.15) is 4.88 Å². The van der Waals surface area contributed by atoms with E-state index in [2.05, 4.69) is 15.6 Å². The molecule has 6 nitrogen and oxygen atoms in total. The SMILES string of the molecule is CN=C(NCC(=O)NCCOC)N(C)Cc1ccc(Cl)s1. The second-order valence-corrected chi connectivity index (χ2v) is 6.11. The normalized spacial score (nSPS) is 11.3. The third-order valence-electron chi connectivity index (χ3n) is 2.63. The number of halogens is 1. The van der Waals surface area contributed by atoms with Crippen molar-refractivity contribution in [1.29, 1.82) is 0 Å². The molecule has 21 heavy (non-hydrogen) atoms. The van der Waals surface area contributed by atoms with E-state index in [-0.39, 0.29) is 12.5 Å². The minimum absolute atomic E-state index is 0.0965. The summed E-state index contributed by atoms with van der Waals surface area (Å²) in [6, 6.07) is 3.85. The summed E-state index contributed by atoms with van der Waals surface area (Å²) in [7, 11) is 5.19. The van der Waals surface area contributed by atoms with Crippen LogP contribution in [0.5, 0.6) is 0 Å². The molecule has 8 heteroatoms. The monoisotopic (exact) mass is 332 g/mol. The second kappa shape index (κ2) is 9.59. The summed E-state index contributed by atoms with van der Waals surface area (Å²) in [4.78, 5) is 18.8. The van der Waals surface area contributed by atoms with Gasteiger partial charge in [0.15, 0.2) is 5.96 Å². The van der Waals surface area contributed by atoms with E-state index in [1.807, 2.05) is 24.1 Å². The van der Waals surface area contributed by atoms with Gasteiger partial charge in [0, 0.05) is 32.6 Å². The minimum atomic E-state index is -0.0965. The van der Waals surface area contributed by atoms with Gasteiger partial charge in [0.1, 0.15) is 0 Å². The number of ether oxygens (including phenoxy) is 1. The Kier molecular flexibility index (Phi) is 8.11. The number of amides is 1. The van der Waals surface area contributed by atoms with Gasteiger partial charge < -0.3 is 20.3 Å². The molecule has 0 aliphatic carbocycles. The highest BCUT2D eigenvalue weighted by molar-refractivity contribution is 7.16. The van der Waals surface area contributed by atoms with Crippen LogP contribution in [0.15, 0.2) is 17.1 Å². The number of carbonyl (C=O) groups is 1. The Balaban J connectivity index is 2.38. The Morgan fingerprint density at radius 3 is 2.81 bits per heavy atom. The summed E-state index contributed by atoms with van der Waals surface area (Å²) in [6.45, 7) is 1.85. The van der Waals surface area contributed by atoms with Crippen molar-refractivity contribution in [1.82, 2.24) is 15.5 Å². The summed E-state index contributed by atoms with van der Waals surface area (Å²) in [5.41, 5.74) is 0. The molecule has 0 spiro atoms. The molecule has 1 rings (SSSR count). The zero-order chi connectivity index (χ0) is 15.7. The first-order valence-electron chi connectivity index (χ1n) is 6.48. The number of nitrogens with one attached hydrogen (secondary N) is 2. The van der Waals surface area contributed by atoms with Gasteiger partial charge in [-0.05, 0) is 12.1 Å². The predicted molar refractivity (Wildman–Crippen MR) is 87.0 cm³/mol. The topological polar surface area (TPSA) is 66.0 Å². The van der Waals surface area contributed by atoms with E-state index in [1.165, 1.54) is 11.3 Å². The smallest absolute Gasteiger partial charge is 0.239 e. The first-order chi connectivity index (χ1) is 10.1. The fourth-order valence-corrected chi connectivity index (χ4v) is 2.79. The van der Waals surface area contributed by atoms with Gasteiger partial charge in [-0.1, -0.05) is 11.6 Å². The molecule has 0 saturated heterocycles. The van der Waals surface area contributed by atoms with Crippen molar-refractivity contribution in [3.05, 3.63) is 21.3 Å². The number of aliphatic imine (C=N–C) groups is 1. The Hall–Kier alpha value is -1.31. The number of rotatable bonds is 7. The molecule has 0 aliphatic heterocycles. The van der Waals surface area contributed by atoms with Crippen molar-refractivity contribution < 1.29 is 9.53 Å². The van der Waals surface area contributed by atoms with E-state index in [9.17, 15) is 4.79 Å². The molecule has 1 aromatic heterocycles. The maximum Gasteiger partial charge on any atom is 0.239 e. The first kappa shape index (κ1) is 17.7. The summed E-state index contributed by atoms with van der Waals surface area (Å²) >= 11 is 7.44. The van der Waals surface area contributed by atoms with Crippen molar-refractivity contribution in [3.63, 3.8) is 0 Å². The molecular formula is C13H21ClN4O2S. The van der Waals surface area contributed by atoms with Crippen LogP contribution in [-0.4, -0.2) is 57.7 Å². The van der Waals surface area contributed by atoms with Gasteiger partial charge in [-0.25, -0.2) is 0 Å². The molecule has 0 unspecified atom stereocenters. The number of methoxy groups -OCH3 is 1. The highest BCUT2D eigenvalue weighted by Gasteiger charge is 2.09. The molecule has 1 heterocycles. The van der Waals surface area contributed by atoms with Crippen molar-refractivity contribution in [2.45, 2.75) is 6.54 Å². The molecule has 118 valence electrons. The van der Waals surface area contributed by atoms with Crippen molar-refractivity contribution >= 4 is 34.8 Å². The van der Waals surface area contributed by atoms with Crippen LogP contribution in [0.4, 0.5) is 0 Å². The van der Waals surface area contributed by atoms with Gasteiger partial charge in [0.25, 0.3) is 0 Å². The average molecular weight is 333 g/mol. The number of thiophene rings is 1. The molecular weight excluding hydrogens is 312 g/mol. The fraction of sp³-hybridized carbons (Fsp3) is 0.538. The van der Waals surface area contributed by atoms with E-state index >= 15 is 0 Å². The number of hydrogen-bond donors (Lipinski definition) is 2. The van der Waals surface area contributed by atoms with Crippen molar-refractivity contribution in [2.24, 2.45) is 4.99 Å². The van der Waals surface area contributed by atoms with E-state index in [0.717, 1.165) is 9.21 Å². The quantitative estimate of drug-likeness (QED) is 0.447. The molecule has 0 fully saturated rings. The van der Waals surface area contributed by atoms with Crippen LogP contribution < -0.4 is 10.6 Å². The van der Waals surface area contributed by atoms with Gasteiger partial charge >= 0.3 is 0 Å². The van der Waals surface area contributed by atoms with Crippen LogP contribution in [-0.2, 0) is 16.1 Å². The Morgan fingerprint density at radius 2 is 2.24 bits per heavy atom. The van der Waals surface area contributed by atoms with E-state index in [1.54, 1.807) is 14.2 Å². The number of carbonyl (C=O) groups excluding carboxylic acids is 1. The van der Waals surface area contributed by atoms with Crippen molar-refractivity contribution in [3.8, 4) is 0 Å². The lowest BCUT2D eigenvalue weighted by Gasteiger charge is -2.21. The number of nitrogens with zero attached hydrogens (tertiary/aromatic N) is 2. The number of hydrogen-bond acceptors (Lipinski definition) is 4. The zero-order valence-corrected chi connectivity index (χ0v) is 14.1. The Bertz CT molecular complexity index is 478. The van der Waals surface area contributed by atoms with Gasteiger partial charge in [-0.3, -0.25) is 9.79 Å². The largest absolute Gasteiger partial charge is 0.383 e. The fourth-order valence-electron chi connectivity index (χ4n) is 1.64. The summed E-state index contributed by atoms with van der Waals surface area (Å²) in [5, 5.41) is 5.76. The molecule has 0 atom stereocenters. The highest BCUT2D eigenvalue weighted by atomic mass is 35.5. The lowest BCUT2D eigenvalue weighted by atomic mass is 10.4. The van der Waals surface area contributed by atoms with Gasteiger partial charge in [-0.15, -0.1) is 11.3 Å². The average Bonchev–Trinajstić information content (AvgIpc) is 2.85. The maximum atomic E-state index is 11.6. The summed E-state index contributed by atoms with van der Waals surface area (Å²) in [6.07, 6.45) is 0. The lowest BCUT2D eigenvalue weighted by molar-refractivity contribution is -0.120. The summed E-state index contributed by atoms with van der Waals surface area (Å²) < 4.78 is 5.63. The molecule has 2 N–H and O–H groups in total. The Labute approximate surface area is 134 Å². The summed E-state index contributed by atoms with van der Waals surface area (Å²) in [5.74, 6) is 0.558. The lowest BCUT2D eigenvalue weighted by Crippen LogP contribution is -2.44. The predicted octanol–water partition coefficient (Wildman–Crippen LogP) is 1.17. The third-order valence-corrected chi connectivity index (χ3v) is 3.85. The molecule has 0 bridgehead atoms. The number of guanidine groups is 1. The zero-order valence-electron chi connectivity index (χ0n) is 12.5. The Morgan fingerprint density at radius 1 is 1.48 bits per heavy atom. The molecule has 0 aromatic carbocycles. The van der Waals surface area contributed by atoms with Crippen LogP contribution in [0.2, 0.25) is 4.34 Å². The van der Waals surface area contributed by atoms with E-state index < -0.39 is 0 Å². The second-order valence-electron chi connectivity index (χ2n) is 4.31. The third kappa shape index (κ3) is 6.79. The molecule has 0 saturated carbocycles. The highest BCUT2D eigenvalue weighted by Crippen LogP contribution is 2.22. The standard InChI is InChI=1S/C13H21ClN4O2S/c1-15-13(17-8-12(19)16-6-7-20-3)18(2)9-10-4-5-11(14)21-10/h4-5H,6-9H2,1-3H3,(H,15,17)(H,16,19). The van der Waals surface area contributed by atoms with Crippen LogP contribution in [0.3, 0.4) is 0 Å². The first-order valence-corrected chi connectivity index (χ1v) is 7.68.